The summed E-state index contributed by atoms with van der Waals surface area (Å²) in [6, 6.07) is 0. The van der Waals surface area contributed by atoms with Crippen molar-refractivity contribution in [3.8, 4) is 0 Å². The van der Waals surface area contributed by atoms with Crippen LogP contribution in [0.2, 0.25) is 0 Å². The van der Waals surface area contributed by atoms with Gasteiger partial charge in [-0.1, -0.05) is 0 Å². The Balaban J connectivity index is -0.0000000540. The number of carbonyl (C=O) groups excluding carboxylic acids is 5. The molecule has 388 valence electrons. The maximum Gasteiger partial charge on any atom is 1.00 e. The van der Waals surface area contributed by atoms with E-state index in [2.05, 4.69) is 46.0 Å². The number of halogens is 10. The van der Waals surface area contributed by atoms with Gasteiger partial charge in [0.1, 0.15) is 43.2 Å². The van der Waals surface area contributed by atoms with Crippen LogP contribution in [-0.4, -0.2) is 132 Å². The first kappa shape index (κ1) is 90.2. The molecular weight excluding hydrogens is 979 g/mol. The molecule has 0 radical (unpaired) electrons. The molecular formula is C33H70B2Cl2F8N6Na2O13. The summed E-state index contributed by atoms with van der Waals surface area (Å²) in [5.41, 5.74) is 3.23. The van der Waals surface area contributed by atoms with E-state index in [1.807, 2.05) is 6.92 Å². The van der Waals surface area contributed by atoms with Gasteiger partial charge in [0, 0.05) is 20.8 Å². The van der Waals surface area contributed by atoms with Crippen molar-refractivity contribution in [1.82, 2.24) is 16.0 Å². The normalized spacial score (nSPS) is 9.41. The maximum absolute atomic E-state index is 11.1. The molecule has 0 aromatic heterocycles. The summed E-state index contributed by atoms with van der Waals surface area (Å²) in [6.45, 7) is 30.0. The Bertz CT molecular complexity index is 1140. The van der Waals surface area contributed by atoms with Crippen molar-refractivity contribution in [2.24, 2.45) is 5.73 Å². The topological polar surface area (TPSA) is 278 Å². The zero-order chi connectivity index (χ0) is 52.1. The molecule has 0 rings (SSSR count). The van der Waals surface area contributed by atoms with Gasteiger partial charge in [-0.25, -0.2) is 19.8 Å². The minimum absolute atomic E-state index is 0. The number of hydrogen-bond acceptors (Lipinski definition) is 13. The molecule has 0 aromatic carbocycles. The van der Waals surface area contributed by atoms with E-state index in [0.29, 0.717) is 13.2 Å². The Kier molecular flexibility index (Phi) is 78.0. The van der Waals surface area contributed by atoms with Crippen molar-refractivity contribution in [2.75, 3.05) is 58.0 Å². The summed E-state index contributed by atoms with van der Waals surface area (Å²) in [4.78, 5) is 54.5. The van der Waals surface area contributed by atoms with Gasteiger partial charge in [-0.05, 0) is 76.2 Å². The average Bonchev–Trinajstić information content (AvgIpc) is 3.08. The Hall–Kier alpha value is -2.24. The maximum atomic E-state index is 11.1. The number of carbonyl (C=O) groups is 5. The third-order valence-electron chi connectivity index (χ3n) is 4.32. The Morgan fingerprint density at radius 2 is 0.970 bits per heavy atom. The zero-order valence-electron chi connectivity index (χ0n) is 41.8. The number of alkyl halides is 2. The third-order valence-corrected chi connectivity index (χ3v) is 4.32. The SMILES string of the molecule is CC(C)(C)OC(=O)NCC(N)=O.CCOC(=N)CNC(=O)OC(C)(C)C.CCOC(=[NH2+])CNC(=O)OC(C)(C)C.CC[O+](CC)CC.ClCCl.FB(F)F.F[B-](F)(F)F.O=CO[O-].[F-].[H-].[Na+].[Na+]. The fourth-order valence-electron chi connectivity index (χ4n) is 2.49. The fourth-order valence-corrected chi connectivity index (χ4v) is 2.49. The second-order valence-electron chi connectivity index (χ2n) is 13.3. The minimum Gasteiger partial charge on any atom is -1.00 e. The quantitative estimate of drug-likeness (QED) is 0.0104. The van der Waals surface area contributed by atoms with Crippen LogP contribution in [-0.2, 0) is 42.5 Å². The van der Waals surface area contributed by atoms with Gasteiger partial charge < -0.3 is 83.3 Å². The molecule has 0 saturated carbocycles. The first-order valence-corrected chi connectivity index (χ1v) is 19.4. The molecule has 0 fully saturated rings. The van der Waals surface area contributed by atoms with E-state index in [0.717, 1.165) is 19.8 Å². The molecule has 66 heavy (non-hydrogen) atoms. The van der Waals surface area contributed by atoms with E-state index in [4.69, 9.17) is 73.5 Å². The van der Waals surface area contributed by atoms with E-state index < -0.39 is 55.8 Å². The number of ether oxygens (including phenoxy) is 5. The molecule has 33 heteroatoms. The number of nitrogens with one attached hydrogen (secondary N) is 4. The van der Waals surface area contributed by atoms with Crippen LogP contribution >= 0.6 is 23.2 Å². The van der Waals surface area contributed by atoms with Gasteiger partial charge >= 0.3 is 98.1 Å². The second kappa shape index (κ2) is 57.1. The van der Waals surface area contributed by atoms with Crippen molar-refractivity contribution < 1.29 is 163 Å². The molecule has 0 spiro atoms. The van der Waals surface area contributed by atoms with Crippen LogP contribution < -0.4 is 96.2 Å². The van der Waals surface area contributed by atoms with Gasteiger partial charge in [-0.3, -0.25) is 27.9 Å². The number of alkyl carbamates (subject to hydrolysis) is 3. The number of rotatable bonds is 12. The van der Waals surface area contributed by atoms with Crippen LogP contribution in [0, 0.1) is 5.41 Å². The van der Waals surface area contributed by atoms with Gasteiger partial charge in [0.05, 0.1) is 31.6 Å². The second-order valence-corrected chi connectivity index (χ2v) is 14.1. The molecule has 8 N–H and O–H groups in total. The molecule has 19 nitrogen and oxygen atoms in total. The molecule has 0 aliphatic carbocycles. The molecule has 0 aliphatic rings. The number of amides is 4. The van der Waals surface area contributed by atoms with Crippen molar-refractivity contribution in [3.05, 3.63) is 0 Å². The molecule has 0 aromatic rings. The minimum atomic E-state index is -6.00. The number of primary amides is 1. The van der Waals surface area contributed by atoms with E-state index in [-0.39, 0.29) is 108 Å². The van der Waals surface area contributed by atoms with Gasteiger partial charge in [0.25, 0.3) is 6.47 Å². The van der Waals surface area contributed by atoms with Gasteiger partial charge in [0.15, 0.2) is 0 Å². The summed E-state index contributed by atoms with van der Waals surface area (Å²) in [5, 5.41) is 28.4. The van der Waals surface area contributed by atoms with Gasteiger partial charge in [0.2, 0.25) is 11.8 Å². The first-order chi connectivity index (χ1) is 28.4. The zero-order valence-corrected chi connectivity index (χ0v) is 46.3. The summed E-state index contributed by atoms with van der Waals surface area (Å²) >= 11 is 9.53. The van der Waals surface area contributed by atoms with E-state index in [1.165, 1.54) is 0 Å². The Labute approximate surface area is 439 Å². The van der Waals surface area contributed by atoms with Crippen LogP contribution in [0.15, 0.2) is 0 Å². The molecule has 4 amide bonds. The molecule has 0 saturated heterocycles. The van der Waals surface area contributed by atoms with Gasteiger partial charge in [-0.2, -0.15) is 0 Å². The smallest absolute Gasteiger partial charge is 1.00 e. The van der Waals surface area contributed by atoms with E-state index in [1.54, 1.807) is 69.2 Å². The summed E-state index contributed by atoms with van der Waals surface area (Å²) in [6.07, 6.45) is -1.68. The predicted molar refractivity (Wildman–Crippen MR) is 227 cm³/mol. The Morgan fingerprint density at radius 1 is 0.727 bits per heavy atom. The average molecular weight is 1050 g/mol. The molecule has 0 unspecified atom stereocenters. The fraction of sp³-hybridized carbons (Fsp3) is 0.788. The number of nitrogens with two attached hydrogens (primary N) is 2. The molecule has 0 bridgehead atoms. The standard InChI is InChI=1S/2C9H18N2O3.C7H14N2O3.C6H15O.CH2Cl2.CH2O3.BF4.BF3.FH.2Na.H/c2*1-5-13-7(10)6-11-8(12)14-9(2,3)4;1-7(2,3)12-6(11)9-4-5(8)10;1-4-7(5-2)6-3;2-1-3;2-1-4-3;2-1(3,4)5;2-1(3)4;;;;/h2*10H,5-6H2,1-4H3,(H,11,12);4H2,1-3H3,(H2,8,10)(H,9,11);4-6H2,1-3H3;1H2;1,3H;;;1H;;;/q;;;+1;;;-1;;;2*+1;-1/p-1. The first-order valence-electron chi connectivity index (χ1n) is 18.3. The van der Waals surface area contributed by atoms with Crippen molar-refractivity contribution >= 4 is 80.5 Å². The predicted octanol–water partition coefficient (Wildman–Crippen LogP) is -4.01. The monoisotopic (exact) mass is 1050 g/mol. The van der Waals surface area contributed by atoms with Crippen molar-refractivity contribution in [1.29, 1.82) is 5.41 Å². The Morgan fingerprint density at radius 3 is 1.15 bits per heavy atom. The largest absolute Gasteiger partial charge is 1.00 e. The molecule has 0 atom stereocenters. The van der Waals surface area contributed by atoms with Crippen molar-refractivity contribution in [2.45, 2.75) is 114 Å². The number of hydrogen-bond donors (Lipinski definition) is 6. The third kappa shape index (κ3) is 137. The van der Waals surface area contributed by atoms with Crippen LogP contribution in [0.3, 0.4) is 0 Å². The van der Waals surface area contributed by atoms with Crippen molar-refractivity contribution in [3.63, 3.8) is 0 Å². The van der Waals surface area contributed by atoms with E-state index >= 15 is 0 Å². The van der Waals surface area contributed by atoms with E-state index in [9.17, 15) is 49.4 Å². The van der Waals surface area contributed by atoms with Gasteiger partial charge in [-0.15, -0.1) is 23.2 Å². The van der Waals surface area contributed by atoms with Crippen LogP contribution in [0.1, 0.15) is 98.4 Å². The summed E-state index contributed by atoms with van der Waals surface area (Å²) < 4.78 is 95.6. The van der Waals surface area contributed by atoms with Crippen LogP contribution in [0.25, 0.3) is 0 Å². The molecule has 0 aliphatic heterocycles. The summed E-state index contributed by atoms with van der Waals surface area (Å²) in [5.74, 6) is -0.294. The van der Waals surface area contributed by atoms with Crippen LogP contribution in [0.5, 0.6) is 0 Å². The summed E-state index contributed by atoms with van der Waals surface area (Å²) in [7, 11) is -9.67. The van der Waals surface area contributed by atoms with Crippen LogP contribution in [0.4, 0.5) is 44.6 Å². The molecule has 0 heterocycles.